The first kappa shape index (κ1) is 14.8. The first-order valence-electron chi connectivity index (χ1n) is 7.27. The van der Waals surface area contributed by atoms with Crippen LogP contribution in [0.2, 0.25) is 5.02 Å². The van der Waals surface area contributed by atoms with Gasteiger partial charge in [0.25, 0.3) is 0 Å². The lowest BCUT2D eigenvalue weighted by Gasteiger charge is -2.37. The molecule has 0 spiro atoms. The number of halogens is 1. The molecule has 0 aromatic heterocycles. The van der Waals surface area contributed by atoms with Gasteiger partial charge in [-0.1, -0.05) is 30.7 Å². The van der Waals surface area contributed by atoms with E-state index >= 15 is 0 Å². The smallest absolute Gasteiger partial charge is 0.0471 e. The molecule has 1 saturated heterocycles. The van der Waals surface area contributed by atoms with Gasteiger partial charge in [-0.3, -0.25) is 0 Å². The summed E-state index contributed by atoms with van der Waals surface area (Å²) in [5.41, 5.74) is 1.73. The summed E-state index contributed by atoms with van der Waals surface area (Å²) in [6, 6.07) is 8.28. The van der Waals surface area contributed by atoms with Gasteiger partial charge in [-0.05, 0) is 55.3 Å². The molecule has 1 aromatic carbocycles. The summed E-state index contributed by atoms with van der Waals surface area (Å²) < 4.78 is 5.54. The number of hydrogen-bond acceptors (Lipinski definition) is 2. The van der Waals surface area contributed by atoms with Crippen molar-refractivity contribution in [2.75, 3.05) is 26.3 Å². The summed E-state index contributed by atoms with van der Waals surface area (Å²) >= 11 is 5.96. The van der Waals surface area contributed by atoms with E-state index in [2.05, 4.69) is 24.4 Å². The van der Waals surface area contributed by atoms with Crippen LogP contribution in [0.15, 0.2) is 24.3 Å². The molecule has 1 heterocycles. The second-order valence-corrected chi connectivity index (χ2v) is 6.03. The van der Waals surface area contributed by atoms with Gasteiger partial charge in [0.1, 0.15) is 0 Å². The van der Waals surface area contributed by atoms with E-state index in [0.717, 1.165) is 50.6 Å². The fourth-order valence-electron chi connectivity index (χ4n) is 2.79. The molecular weight excluding hydrogens is 258 g/mol. The van der Waals surface area contributed by atoms with Crippen molar-refractivity contribution in [2.24, 2.45) is 5.41 Å². The monoisotopic (exact) mass is 281 g/mol. The summed E-state index contributed by atoms with van der Waals surface area (Å²) in [7, 11) is 0. The minimum atomic E-state index is 0.348. The van der Waals surface area contributed by atoms with Crippen molar-refractivity contribution in [1.29, 1.82) is 0 Å². The van der Waals surface area contributed by atoms with Crippen molar-refractivity contribution < 1.29 is 4.74 Å². The Hall–Kier alpha value is -0.570. The first-order valence-corrected chi connectivity index (χ1v) is 7.65. The maximum atomic E-state index is 5.96. The van der Waals surface area contributed by atoms with Gasteiger partial charge in [-0.25, -0.2) is 0 Å². The van der Waals surface area contributed by atoms with Gasteiger partial charge in [0.15, 0.2) is 0 Å². The van der Waals surface area contributed by atoms with Crippen LogP contribution in [0.4, 0.5) is 0 Å². The van der Waals surface area contributed by atoms with Crippen LogP contribution in [0.1, 0.15) is 31.7 Å². The van der Waals surface area contributed by atoms with E-state index in [9.17, 15) is 0 Å². The minimum absolute atomic E-state index is 0.348. The van der Waals surface area contributed by atoms with Crippen LogP contribution in [0.25, 0.3) is 0 Å². The number of ether oxygens (including phenoxy) is 1. The molecule has 0 aliphatic carbocycles. The van der Waals surface area contributed by atoms with E-state index in [-0.39, 0.29) is 0 Å². The Morgan fingerprint density at radius 2 is 1.89 bits per heavy atom. The third-order valence-corrected chi connectivity index (χ3v) is 4.22. The number of benzene rings is 1. The topological polar surface area (TPSA) is 21.3 Å². The fraction of sp³-hybridized carbons (Fsp3) is 0.625. The van der Waals surface area contributed by atoms with E-state index < -0.39 is 0 Å². The van der Waals surface area contributed by atoms with Crippen LogP contribution >= 0.6 is 11.6 Å². The SMILES string of the molecule is CCCNCC1(Cc2ccc(Cl)cc2)CCOCC1. The zero-order valence-corrected chi connectivity index (χ0v) is 12.5. The first-order chi connectivity index (χ1) is 9.24. The molecule has 0 bridgehead atoms. The minimum Gasteiger partial charge on any atom is -0.381 e. The summed E-state index contributed by atoms with van der Waals surface area (Å²) in [6.45, 7) is 6.18. The molecule has 1 N–H and O–H groups in total. The lowest BCUT2D eigenvalue weighted by atomic mass is 9.75. The van der Waals surface area contributed by atoms with Crippen LogP contribution in [-0.2, 0) is 11.2 Å². The van der Waals surface area contributed by atoms with Crippen molar-refractivity contribution in [3.63, 3.8) is 0 Å². The quantitative estimate of drug-likeness (QED) is 0.803. The predicted octanol–water partition coefficient (Wildman–Crippen LogP) is 3.68. The lowest BCUT2D eigenvalue weighted by Crippen LogP contribution is -2.41. The zero-order valence-electron chi connectivity index (χ0n) is 11.8. The van der Waals surface area contributed by atoms with Crippen molar-refractivity contribution in [2.45, 2.75) is 32.6 Å². The van der Waals surface area contributed by atoms with E-state index in [1.807, 2.05) is 12.1 Å². The molecule has 0 radical (unpaired) electrons. The molecule has 106 valence electrons. The average molecular weight is 282 g/mol. The highest BCUT2D eigenvalue weighted by molar-refractivity contribution is 6.30. The molecule has 1 aliphatic rings. The van der Waals surface area contributed by atoms with Crippen LogP contribution in [0, 0.1) is 5.41 Å². The Labute approximate surface area is 121 Å². The van der Waals surface area contributed by atoms with E-state index in [4.69, 9.17) is 16.3 Å². The summed E-state index contributed by atoms with van der Waals surface area (Å²) in [4.78, 5) is 0. The molecule has 0 atom stereocenters. The molecule has 0 amide bonds. The summed E-state index contributed by atoms with van der Waals surface area (Å²) in [5.74, 6) is 0. The van der Waals surface area contributed by atoms with Crippen LogP contribution < -0.4 is 5.32 Å². The molecule has 2 nitrogen and oxygen atoms in total. The molecule has 1 aromatic rings. The number of rotatable bonds is 6. The second kappa shape index (κ2) is 7.28. The van der Waals surface area contributed by atoms with Gasteiger partial charge in [-0.2, -0.15) is 0 Å². The van der Waals surface area contributed by atoms with Crippen LogP contribution in [0.3, 0.4) is 0 Å². The van der Waals surface area contributed by atoms with E-state index in [0.29, 0.717) is 5.41 Å². The van der Waals surface area contributed by atoms with Crippen molar-refractivity contribution in [1.82, 2.24) is 5.32 Å². The van der Waals surface area contributed by atoms with Gasteiger partial charge in [0, 0.05) is 24.8 Å². The molecule has 0 unspecified atom stereocenters. The molecule has 1 fully saturated rings. The standard InChI is InChI=1S/C16H24ClNO/c1-2-9-18-13-16(7-10-19-11-8-16)12-14-3-5-15(17)6-4-14/h3-6,18H,2,7-13H2,1H3. The zero-order chi connectivity index (χ0) is 13.6. The molecule has 19 heavy (non-hydrogen) atoms. The highest BCUT2D eigenvalue weighted by atomic mass is 35.5. The van der Waals surface area contributed by atoms with Gasteiger partial charge in [0.2, 0.25) is 0 Å². The highest BCUT2D eigenvalue weighted by Gasteiger charge is 2.32. The van der Waals surface area contributed by atoms with Crippen LogP contribution in [-0.4, -0.2) is 26.3 Å². The Morgan fingerprint density at radius 1 is 1.21 bits per heavy atom. The second-order valence-electron chi connectivity index (χ2n) is 5.59. The molecular formula is C16H24ClNO. The number of nitrogens with one attached hydrogen (secondary N) is 1. The summed E-state index contributed by atoms with van der Waals surface area (Å²) in [5, 5.41) is 4.41. The fourth-order valence-corrected chi connectivity index (χ4v) is 2.91. The van der Waals surface area contributed by atoms with E-state index in [1.165, 1.54) is 12.0 Å². The van der Waals surface area contributed by atoms with Crippen molar-refractivity contribution in [3.8, 4) is 0 Å². The Balaban J connectivity index is 2.01. The van der Waals surface area contributed by atoms with Crippen LogP contribution in [0.5, 0.6) is 0 Å². The van der Waals surface area contributed by atoms with Crippen molar-refractivity contribution in [3.05, 3.63) is 34.9 Å². The summed E-state index contributed by atoms with van der Waals surface area (Å²) in [6.07, 6.45) is 4.59. The third-order valence-electron chi connectivity index (χ3n) is 3.97. The molecule has 3 heteroatoms. The Bertz CT molecular complexity index is 371. The van der Waals surface area contributed by atoms with Crippen molar-refractivity contribution >= 4 is 11.6 Å². The Morgan fingerprint density at radius 3 is 2.53 bits per heavy atom. The average Bonchev–Trinajstić information content (AvgIpc) is 2.43. The molecule has 2 rings (SSSR count). The maximum Gasteiger partial charge on any atom is 0.0471 e. The van der Waals surface area contributed by atoms with E-state index in [1.54, 1.807) is 0 Å². The van der Waals surface area contributed by atoms with Gasteiger partial charge in [0.05, 0.1) is 0 Å². The normalized spacial score (nSPS) is 18.4. The lowest BCUT2D eigenvalue weighted by molar-refractivity contribution is 0.0150. The van der Waals surface area contributed by atoms with Gasteiger partial charge < -0.3 is 10.1 Å². The number of hydrogen-bond donors (Lipinski definition) is 1. The molecule has 1 aliphatic heterocycles. The highest BCUT2D eigenvalue weighted by Crippen LogP contribution is 2.34. The molecule has 0 saturated carbocycles. The maximum absolute atomic E-state index is 5.96. The largest absolute Gasteiger partial charge is 0.381 e. The Kier molecular flexibility index (Phi) is 5.68. The predicted molar refractivity (Wildman–Crippen MR) is 80.8 cm³/mol. The third kappa shape index (κ3) is 4.48. The van der Waals surface area contributed by atoms with Gasteiger partial charge in [-0.15, -0.1) is 0 Å². The van der Waals surface area contributed by atoms with Gasteiger partial charge >= 0.3 is 0 Å².